The van der Waals surface area contributed by atoms with Crippen LogP contribution in [0.1, 0.15) is 25.3 Å². The Hall–Kier alpha value is -0.643. The van der Waals surface area contributed by atoms with Crippen molar-refractivity contribution in [3.8, 4) is 0 Å². The summed E-state index contributed by atoms with van der Waals surface area (Å²) in [5, 5.41) is 1.56. The van der Waals surface area contributed by atoms with Gasteiger partial charge in [0.1, 0.15) is 0 Å². The summed E-state index contributed by atoms with van der Waals surface area (Å²) in [6, 6.07) is 10.1. The lowest BCUT2D eigenvalue weighted by Crippen LogP contribution is -2.39. The second kappa shape index (κ2) is 7.08. The van der Waals surface area contributed by atoms with Crippen molar-refractivity contribution in [2.75, 3.05) is 26.7 Å². The van der Waals surface area contributed by atoms with Gasteiger partial charge in [0.15, 0.2) is 0 Å². The highest BCUT2D eigenvalue weighted by Crippen LogP contribution is 2.18. The summed E-state index contributed by atoms with van der Waals surface area (Å²) in [5.74, 6) is 0. The van der Waals surface area contributed by atoms with Gasteiger partial charge in [0.25, 0.3) is 0 Å². The highest BCUT2D eigenvalue weighted by molar-refractivity contribution is 6.88. The molecular formula is C18H32N2Si. The first-order valence-electron chi connectivity index (χ1n) is 8.42. The first-order valence-corrected chi connectivity index (χ1v) is 11.9. The summed E-state index contributed by atoms with van der Waals surface area (Å²) in [5.41, 5.74) is 1.44. The van der Waals surface area contributed by atoms with Crippen molar-refractivity contribution >= 4 is 13.3 Å². The molecule has 2 nitrogen and oxygen atoms in total. The number of likely N-dealkylation sites (tertiary alicyclic amines) is 1. The van der Waals surface area contributed by atoms with E-state index in [1.807, 2.05) is 0 Å². The van der Waals surface area contributed by atoms with Crippen LogP contribution in [0.2, 0.25) is 19.6 Å². The highest BCUT2D eigenvalue weighted by atomic mass is 28.3. The van der Waals surface area contributed by atoms with Crippen molar-refractivity contribution in [1.82, 2.24) is 9.80 Å². The minimum atomic E-state index is -1.16. The Morgan fingerprint density at radius 1 is 1.19 bits per heavy atom. The lowest BCUT2D eigenvalue weighted by Gasteiger charge is -2.28. The third kappa shape index (κ3) is 4.66. The second-order valence-corrected chi connectivity index (χ2v) is 12.6. The van der Waals surface area contributed by atoms with Crippen LogP contribution < -0.4 is 5.19 Å². The number of rotatable bonds is 6. The molecule has 0 saturated carbocycles. The predicted octanol–water partition coefficient (Wildman–Crippen LogP) is 3.15. The maximum Gasteiger partial charge on any atom is 0.0775 e. The zero-order valence-corrected chi connectivity index (χ0v) is 15.5. The molecule has 1 heterocycles. The Morgan fingerprint density at radius 3 is 2.43 bits per heavy atom. The molecule has 0 amide bonds. The van der Waals surface area contributed by atoms with E-state index in [1.54, 1.807) is 5.19 Å². The van der Waals surface area contributed by atoms with Crippen LogP contribution in [0.15, 0.2) is 24.3 Å². The van der Waals surface area contributed by atoms with E-state index in [0.29, 0.717) is 0 Å². The molecule has 1 aromatic carbocycles. The molecule has 1 aliphatic heterocycles. The monoisotopic (exact) mass is 304 g/mol. The number of benzene rings is 1. The maximum atomic E-state index is 2.63. The van der Waals surface area contributed by atoms with E-state index in [1.165, 1.54) is 38.0 Å². The standard InChI is InChI=1S/C18H32N2Si/c1-6-20-13-7-8-17(20)15-19(2)14-16-9-11-18(12-10-16)21(3,4)5/h9-12,17H,6-8,13-15H2,1-5H3. The fourth-order valence-electron chi connectivity index (χ4n) is 3.36. The van der Waals surface area contributed by atoms with Crippen LogP contribution in [-0.2, 0) is 6.54 Å². The summed E-state index contributed by atoms with van der Waals surface area (Å²) in [4.78, 5) is 5.12. The quantitative estimate of drug-likeness (QED) is 0.745. The smallest absolute Gasteiger partial charge is 0.0775 e. The molecule has 1 atom stereocenters. The van der Waals surface area contributed by atoms with Gasteiger partial charge < -0.3 is 4.90 Å². The molecule has 1 unspecified atom stereocenters. The van der Waals surface area contributed by atoms with Gasteiger partial charge in [-0.2, -0.15) is 0 Å². The molecule has 0 N–H and O–H groups in total. The number of hydrogen-bond donors (Lipinski definition) is 0. The summed E-state index contributed by atoms with van der Waals surface area (Å²) < 4.78 is 0. The van der Waals surface area contributed by atoms with Gasteiger partial charge in [-0.15, -0.1) is 0 Å². The fourth-order valence-corrected chi connectivity index (χ4v) is 4.53. The van der Waals surface area contributed by atoms with Crippen molar-refractivity contribution < 1.29 is 0 Å². The minimum absolute atomic E-state index is 0.765. The van der Waals surface area contributed by atoms with Crippen LogP contribution in [0.3, 0.4) is 0 Å². The van der Waals surface area contributed by atoms with E-state index < -0.39 is 8.07 Å². The van der Waals surface area contributed by atoms with Crippen LogP contribution in [0.25, 0.3) is 0 Å². The lowest BCUT2D eigenvalue weighted by molar-refractivity contribution is 0.195. The van der Waals surface area contributed by atoms with Crippen molar-refractivity contribution in [3.63, 3.8) is 0 Å². The van der Waals surface area contributed by atoms with E-state index in [9.17, 15) is 0 Å². The summed E-state index contributed by atoms with van der Waals surface area (Å²) in [6.45, 7) is 14.3. The van der Waals surface area contributed by atoms with E-state index >= 15 is 0 Å². The van der Waals surface area contributed by atoms with Crippen LogP contribution >= 0.6 is 0 Å². The molecule has 1 saturated heterocycles. The third-order valence-electron chi connectivity index (χ3n) is 4.70. The molecule has 0 aromatic heterocycles. The Balaban J connectivity index is 1.89. The average Bonchev–Trinajstić information content (AvgIpc) is 2.85. The molecule has 0 radical (unpaired) electrons. The molecule has 21 heavy (non-hydrogen) atoms. The lowest BCUT2D eigenvalue weighted by atomic mass is 10.1. The third-order valence-corrected chi connectivity index (χ3v) is 6.77. The average molecular weight is 305 g/mol. The zero-order valence-electron chi connectivity index (χ0n) is 14.5. The number of nitrogens with zero attached hydrogens (tertiary/aromatic N) is 2. The molecule has 1 fully saturated rings. The van der Waals surface area contributed by atoms with Gasteiger partial charge in [0.2, 0.25) is 0 Å². The topological polar surface area (TPSA) is 6.48 Å². The second-order valence-electron chi connectivity index (χ2n) is 7.57. The molecule has 118 valence electrons. The minimum Gasteiger partial charge on any atom is -0.301 e. The van der Waals surface area contributed by atoms with Gasteiger partial charge in [-0.3, -0.25) is 4.90 Å². The Morgan fingerprint density at radius 2 is 1.86 bits per heavy atom. The number of hydrogen-bond acceptors (Lipinski definition) is 2. The SMILES string of the molecule is CCN1CCCC1CN(C)Cc1ccc([Si](C)(C)C)cc1. The van der Waals surface area contributed by atoms with Gasteiger partial charge in [-0.1, -0.05) is 56.0 Å². The van der Waals surface area contributed by atoms with Gasteiger partial charge in [0, 0.05) is 19.1 Å². The summed E-state index contributed by atoms with van der Waals surface area (Å²) in [7, 11) is 1.10. The molecule has 0 spiro atoms. The fraction of sp³-hybridized carbons (Fsp3) is 0.667. The van der Waals surface area contributed by atoms with Crippen molar-refractivity contribution in [1.29, 1.82) is 0 Å². The van der Waals surface area contributed by atoms with Crippen molar-refractivity contribution in [3.05, 3.63) is 29.8 Å². The van der Waals surface area contributed by atoms with E-state index in [2.05, 4.69) is 67.7 Å². The molecule has 0 aliphatic carbocycles. The molecule has 1 aromatic rings. The Kier molecular flexibility index (Phi) is 5.64. The van der Waals surface area contributed by atoms with Gasteiger partial charge in [0.05, 0.1) is 8.07 Å². The van der Waals surface area contributed by atoms with Crippen LogP contribution in [0.4, 0.5) is 0 Å². The van der Waals surface area contributed by atoms with Gasteiger partial charge >= 0.3 is 0 Å². The van der Waals surface area contributed by atoms with Gasteiger partial charge in [-0.25, -0.2) is 0 Å². The largest absolute Gasteiger partial charge is 0.301 e. The van der Waals surface area contributed by atoms with Crippen LogP contribution in [0.5, 0.6) is 0 Å². The van der Waals surface area contributed by atoms with Crippen molar-refractivity contribution in [2.45, 2.75) is 52.0 Å². The first kappa shape index (κ1) is 16.7. The van der Waals surface area contributed by atoms with Crippen LogP contribution in [-0.4, -0.2) is 50.6 Å². The van der Waals surface area contributed by atoms with Crippen molar-refractivity contribution in [2.24, 2.45) is 0 Å². The van der Waals surface area contributed by atoms with E-state index in [0.717, 1.165) is 12.6 Å². The van der Waals surface area contributed by atoms with Gasteiger partial charge in [-0.05, 0) is 38.5 Å². The zero-order chi connectivity index (χ0) is 15.5. The summed E-state index contributed by atoms with van der Waals surface area (Å²) in [6.07, 6.45) is 2.74. The number of likely N-dealkylation sites (N-methyl/N-ethyl adjacent to an activating group) is 2. The molecule has 1 aliphatic rings. The van der Waals surface area contributed by atoms with E-state index in [4.69, 9.17) is 0 Å². The normalized spacial score (nSPS) is 20.4. The van der Waals surface area contributed by atoms with E-state index in [-0.39, 0.29) is 0 Å². The van der Waals surface area contributed by atoms with Crippen LogP contribution in [0, 0.1) is 0 Å². The molecule has 3 heteroatoms. The highest BCUT2D eigenvalue weighted by Gasteiger charge is 2.24. The molecule has 2 rings (SSSR count). The molecular weight excluding hydrogens is 272 g/mol. The predicted molar refractivity (Wildman–Crippen MR) is 96.0 cm³/mol. The Labute approximate surface area is 132 Å². The first-order chi connectivity index (χ1) is 9.90. The molecule has 0 bridgehead atoms. The maximum absolute atomic E-state index is 2.63. The summed E-state index contributed by atoms with van der Waals surface area (Å²) >= 11 is 0. The Bertz CT molecular complexity index is 436.